The Bertz CT molecular complexity index is 1010. The van der Waals surface area contributed by atoms with Gasteiger partial charge in [0.05, 0.1) is 5.54 Å². The molecular weight excluding hydrogens is 444 g/mol. The average molecular weight is 483 g/mol. The van der Waals surface area contributed by atoms with Crippen LogP contribution in [0.15, 0.2) is 24.5 Å². The van der Waals surface area contributed by atoms with Crippen molar-refractivity contribution in [2.24, 2.45) is 0 Å². The molecule has 0 spiro atoms. The van der Waals surface area contributed by atoms with E-state index >= 15 is 0 Å². The van der Waals surface area contributed by atoms with Crippen LogP contribution in [0.4, 0.5) is 17.6 Å². The number of piperazine rings is 2. The van der Waals surface area contributed by atoms with E-state index in [2.05, 4.69) is 50.5 Å². The van der Waals surface area contributed by atoms with Gasteiger partial charge in [-0.25, -0.2) is 15.0 Å². The number of rotatable bonds is 7. The van der Waals surface area contributed by atoms with Gasteiger partial charge in [-0.1, -0.05) is 6.92 Å². The Morgan fingerprint density at radius 1 is 1.00 bits per heavy atom. The van der Waals surface area contributed by atoms with Crippen LogP contribution in [-0.2, 0) is 9.53 Å². The number of anilines is 3. The number of likely N-dealkylation sites (N-methyl/N-ethyl adjacent to an activating group) is 1. The number of ether oxygens (including phenoxy) is 1. The SMILES string of the molecule is CCCC(=O)OC(C)c1nccc(N2CCN(c3ccnc(N4CCN(C)CC4)n3)CC2(C)C)n1. The molecule has 2 aliphatic rings. The second-order valence-corrected chi connectivity index (χ2v) is 10.0. The number of esters is 1. The van der Waals surface area contributed by atoms with Crippen LogP contribution in [0.3, 0.4) is 0 Å². The highest BCUT2D eigenvalue weighted by atomic mass is 16.5. The number of hydrogen-bond acceptors (Lipinski definition) is 10. The van der Waals surface area contributed by atoms with E-state index in [9.17, 15) is 4.79 Å². The van der Waals surface area contributed by atoms with E-state index in [4.69, 9.17) is 14.7 Å². The highest BCUT2D eigenvalue weighted by molar-refractivity contribution is 5.69. The van der Waals surface area contributed by atoms with Gasteiger partial charge >= 0.3 is 5.97 Å². The maximum atomic E-state index is 11.9. The zero-order valence-electron chi connectivity index (χ0n) is 21.6. The molecule has 10 heteroatoms. The zero-order valence-corrected chi connectivity index (χ0v) is 21.6. The van der Waals surface area contributed by atoms with E-state index in [0.29, 0.717) is 12.2 Å². The molecule has 0 N–H and O–H groups in total. The molecule has 2 aliphatic heterocycles. The van der Waals surface area contributed by atoms with Crippen molar-refractivity contribution in [2.45, 2.75) is 52.2 Å². The topological polar surface area (TPSA) is 90.8 Å². The molecule has 2 aromatic heterocycles. The number of nitrogens with zero attached hydrogens (tertiary/aromatic N) is 8. The van der Waals surface area contributed by atoms with Gasteiger partial charge in [-0.3, -0.25) is 4.79 Å². The summed E-state index contributed by atoms with van der Waals surface area (Å²) < 4.78 is 5.50. The number of carbonyl (C=O) groups excluding carboxylic acids is 1. The molecule has 0 bridgehead atoms. The summed E-state index contributed by atoms with van der Waals surface area (Å²) in [5.74, 6) is 2.92. The molecule has 0 radical (unpaired) electrons. The Balaban J connectivity index is 1.45. The normalized spacial score (nSPS) is 19.5. The second kappa shape index (κ2) is 10.7. The van der Waals surface area contributed by atoms with Crippen molar-refractivity contribution < 1.29 is 9.53 Å². The predicted molar refractivity (Wildman–Crippen MR) is 137 cm³/mol. The van der Waals surface area contributed by atoms with Crippen LogP contribution in [-0.4, -0.2) is 89.2 Å². The maximum absolute atomic E-state index is 11.9. The van der Waals surface area contributed by atoms with Crippen LogP contribution in [0.25, 0.3) is 0 Å². The van der Waals surface area contributed by atoms with Crippen LogP contribution >= 0.6 is 0 Å². The van der Waals surface area contributed by atoms with Crippen molar-refractivity contribution >= 4 is 23.6 Å². The summed E-state index contributed by atoms with van der Waals surface area (Å²) in [6.45, 7) is 14.6. The van der Waals surface area contributed by atoms with Gasteiger partial charge in [-0.05, 0) is 46.4 Å². The van der Waals surface area contributed by atoms with Crippen LogP contribution < -0.4 is 14.7 Å². The van der Waals surface area contributed by atoms with E-state index in [1.807, 2.05) is 32.2 Å². The third-order valence-corrected chi connectivity index (χ3v) is 6.70. The summed E-state index contributed by atoms with van der Waals surface area (Å²) in [7, 11) is 2.15. The standard InChI is InChI=1S/C25H38N8O2/c1-6-7-22(34)35-19(2)23-26-10-9-21(28-23)33-17-16-32(18-25(33,3)4)20-8-11-27-24(29-20)31-14-12-30(5)13-15-31/h8-11,19H,6-7,12-18H2,1-5H3. The first-order valence-corrected chi connectivity index (χ1v) is 12.6. The Morgan fingerprint density at radius 2 is 1.69 bits per heavy atom. The molecule has 1 atom stereocenters. The molecule has 2 saturated heterocycles. The summed E-state index contributed by atoms with van der Waals surface area (Å²) in [4.78, 5) is 39.7. The second-order valence-electron chi connectivity index (χ2n) is 10.0. The van der Waals surface area contributed by atoms with Crippen molar-refractivity contribution in [3.05, 3.63) is 30.4 Å². The van der Waals surface area contributed by atoms with Gasteiger partial charge in [0.2, 0.25) is 5.95 Å². The highest BCUT2D eigenvalue weighted by Crippen LogP contribution is 2.30. The number of aromatic nitrogens is 4. The minimum absolute atomic E-state index is 0.190. The van der Waals surface area contributed by atoms with Gasteiger partial charge in [0.25, 0.3) is 0 Å². The minimum atomic E-state index is -0.479. The molecule has 190 valence electrons. The lowest BCUT2D eigenvalue weighted by Gasteiger charge is -2.48. The van der Waals surface area contributed by atoms with Gasteiger partial charge in [0, 0.05) is 64.6 Å². The van der Waals surface area contributed by atoms with Crippen molar-refractivity contribution in [1.82, 2.24) is 24.8 Å². The van der Waals surface area contributed by atoms with E-state index < -0.39 is 6.10 Å². The Morgan fingerprint density at radius 3 is 2.40 bits per heavy atom. The van der Waals surface area contributed by atoms with Gasteiger partial charge in [-0.2, -0.15) is 4.98 Å². The Labute approximate surface area is 208 Å². The molecule has 0 aliphatic carbocycles. The Kier molecular flexibility index (Phi) is 7.69. The molecule has 4 heterocycles. The lowest BCUT2D eigenvalue weighted by atomic mass is 9.98. The molecule has 35 heavy (non-hydrogen) atoms. The van der Waals surface area contributed by atoms with E-state index in [1.54, 1.807) is 6.20 Å². The third-order valence-electron chi connectivity index (χ3n) is 6.70. The minimum Gasteiger partial charge on any atom is -0.454 e. The zero-order chi connectivity index (χ0) is 25.0. The number of carbonyl (C=O) groups is 1. The fourth-order valence-corrected chi connectivity index (χ4v) is 4.67. The average Bonchev–Trinajstić information content (AvgIpc) is 2.84. The highest BCUT2D eigenvalue weighted by Gasteiger charge is 2.35. The van der Waals surface area contributed by atoms with Crippen molar-refractivity contribution in [3.63, 3.8) is 0 Å². The van der Waals surface area contributed by atoms with E-state index in [1.165, 1.54) is 0 Å². The molecule has 0 amide bonds. The molecule has 10 nitrogen and oxygen atoms in total. The first-order chi connectivity index (χ1) is 16.8. The van der Waals surface area contributed by atoms with E-state index in [-0.39, 0.29) is 11.5 Å². The molecule has 4 rings (SSSR count). The van der Waals surface area contributed by atoms with Crippen LogP contribution in [0.5, 0.6) is 0 Å². The molecule has 0 saturated carbocycles. The first kappa shape index (κ1) is 25.1. The smallest absolute Gasteiger partial charge is 0.306 e. The van der Waals surface area contributed by atoms with E-state index in [0.717, 1.165) is 69.8 Å². The van der Waals surface area contributed by atoms with Crippen molar-refractivity contribution in [2.75, 3.05) is 67.6 Å². The third kappa shape index (κ3) is 5.98. The summed E-state index contributed by atoms with van der Waals surface area (Å²) in [5.41, 5.74) is -0.190. The Hall–Kier alpha value is -3.01. The number of hydrogen-bond donors (Lipinski definition) is 0. The first-order valence-electron chi connectivity index (χ1n) is 12.6. The van der Waals surface area contributed by atoms with Crippen LogP contribution in [0.1, 0.15) is 52.5 Å². The summed E-state index contributed by atoms with van der Waals surface area (Å²) >= 11 is 0. The van der Waals surface area contributed by atoms with Crippen LogP contribution in [0.2, 0.25) is 0 Å². The predicted octanol–water partition coefficient (Wildman–Crippen LogP) is 2.53. The summed E-state index contributed by atoms with van der Waals surface area (Å²) in [6, 6.07) is 3.93. The van der Waals surface area contributed by atoms with Gasteiger partial charge in [0.15, 0.2) is 11.9 Å². The van der Waals surface area contributed by atoms with Gasteiger partial charge < -0.3 is 24.3 Å². The molecule has 2 fully saturated rings. The monoisotopic (exact) mass is 482 g/mol. The van der Waals surface area contributed by atoms with Crippen LogP contribution in [0, 0.1) is 0 Å². The van der Waals surface area contributed by atoms with Gasteiger partial charge in [0.1, 0.15) is 11.6 Å². The fraction of sp³-hybridized carbons (Fsp3) is 0.640. The van der Waals surface area contributed by atoms with Gasteiger partial charge in [-0.15, -0.1) is 0 Å². The lowest BCUT2D eigenvalue weighted by Crippen LogP contribution is -2.60. The quantitative estimate of drug-likeness (QED) is 0.548. The summed E-state index contributed by atoms with van der Waals surface area (Å²) in [5, 5.41) is 0. The molecule has 2 aromatic rings. The fourth-order valence-electron chi connectivity index (χ4n) is 4.67. The van der Waals surface area contributed by atoms with Crippen molar-refractivity contribution in [3.8, 4) is 0 Å². The summed E-state index contributed by atoms with van der Waals surface area (Å²) in [6.07, 6.45) is 4.30. The lowest BCUT2D eigenvalue weighted by molar-refractivity contribution is -0.149. The molecule has 0 aromatic carbocycles. The largest absolute Gasteiger partial charge is 0.454 e. The van der Waals surface area contributed by atoms with Crippen molar-refractivity contribution in [1.29, 1.82) is 0 Å². The maximum Gasteiger partial charge on any atom is 0.306 e. The molecule has 1 unspecified atom stereocenters. The molecular formula is C25H38N8O2.